The number of carbonyl (C=O) groups is 4. The minimum absolute atomic E-state index is 0.0103. The predicted octanol–water partition coefficient (Wildman–Crippen LogP) is 4.76. The molecule has 0 N–H and O–H groups in total. The molecule has 0 unspecified atom stereocenters. The molecule has 0 saturated carbocycles. The van der Waals surface area contributed by atoms with Gasteiger partial charge < -0.3 is 9.64 Å². The van der Waals surface area contributed by atoms with Gasteiger partial charge in [0.05, 0.1) is 18.4 Å². The van der Waals surface area contributed by atoms with Gasteiger partial charge in [-0.1, -0.05) is 29.8 Å². The van der Waals surface area contributed by atoms with Crippen molar-refractivity contribution in [2.75, 3.05) is 12.0 Å². The molecule has 1 saturated heterocycles. The normalized spacial score (nSPS) is 14.7. The van der Waals surface area contributed by atoms with Crippen molar-refractivity contribution in [3.05, 3.63) is 94.0 Å². The fraction of sp³-hybridized carbons (Fsp3) is 0.250. The van der Waals surface area contributed by atoms with Crippen LogP contribution in [0.15, 0.2) is 60.8 Å². The van der Waals surface area contributed by atoms with Crippen LogP contribution in [0, 0.1) is 5.82 Å². The summed E-state index contributed by atoms with van der Waals surface area (Å²) in [7, 11) is 1.29. The molecule has 0 atom stereocenters. The second-order valence-corrected chi connectivity index (χ2v) is 9.79. The smallest absolute Gasteiger partial charge is 0.337 e. The van der Waals surface area contributed by atoms with Crippen molar-refractivity contribution < 1.29 is 28.3 Å². The third-order valence-corrected chi connectivity index (χ3v) is 6.66. The van der Waals surface area contributed by atoms with Crippen molar-refractivity contribution in [3.8, 4) is 0 Å². The fourth-order valence-corrected chi connectivity index (χ4v) is 4.49. The van der Waals surface area contributed by atoms with Crippen molar-refractivity contribution >= 4 is 41.0 Å². The highest BCUT2D eigenvalue weighted by atomic mass is 35.5. The Morgan fingerprint density at radius 1 is 1.00 bits per heavy atom. The van der Waals surface area contributed by atoms with Gasteiger partial charge in [-0.15, -0.1) is 0 Å². The number of ether oxygens (including phenoxy) is 1. The monoisotopic (exact) mass is 537 g/mol. The first-order valence-electron chi connectivity index (χ1n) is 11.7. The number of Topliss-reactive ketones (excluding diaryl/α,β-unsaturated/α-hetero) is 1. The number of urea groups is 1. The van der Waals surface area contributed by atoms with Crippen molar-refractivity contribution in [1.82, 2.24) is 9.88 Å². The Balaban J connectivity index is 1.54. The molecular weight excluding hydrogens is 513 g/mol. The van der Waals surface area contributed by atoms with Crippen molar-refractivity contribution in [3.63, 3.8) is 0 Å². The summed E-state index contributed by atoms with van der Waals surface area (Å²) in [4.78, 5) is 57.4. The number of anilines is 1. The maximum Gasteiger partial charge on any atom is 0.337 e. The minimum atomic E-state index is -1.20. The van der Waals surface area contributed by atoms with Crippen molar-refractivity contribution in [2.45, 2.75) is 38.8 Å². The molecule has 2 heterocycles. The number of esters is 1. The third kappa shape index (κ3) is 5.43. The molecule has 0 spiro atoms. The number of amides is 3. The van der Waals surface area contributed by atoms with E-state index in [4.69, 9.17) is 11.6 Å². The SMILES string of the molecule is COC(=O)c1ccc(CC(=O)Cc2cc(F)ccc2CN2C(=O)N(c3ccnc(Cl)c3)C(=O)C2(C)C)cc1. The number of methoxy groups -OCH3 is 1. The summed E-state index contributed by atoms with van der Waals surface area (Å²) in [5.41, 5.74) is 1.11. The lowest BCUT2D eigenvalue weighted by molar-refractivity contribution is -0.123. The van der Waals surface area contributed by atoms with Crippen LogP contribution >= 0.6 is 11.6 Å². The molecule has 0 bridgehead atoms. The Hall–Kier alpha value is -4.11. The van der Waals surface area contributed by atoms with Gasteiger partial charge >= 0.3 is 12.0 Å². The number of halogens is 2. The van der Waals surface area contributed by atoms with E-state index in [1.165, 1.54) is 48.5 Å². The summed E-state index contributed by atoms with van der Waals surface area (Å²) >= 11 is 5.96. The highest BCUT2D eigenvalue weighted by Crippen LogP contribution is 2.34. The Morgan fingerprint density at radius 3 is 2.37 bits per heavy atom. The standard InChI is InChI=1S/C28H25ClFN3O5/c1-28(2)26(36)33(22-10-11-31-24(29)15-22)27(37)32(28)16-19-8-9-21(30)13-20(19)14-23(34)12-17-4-6-18(7-5-17)25(35)38-3/h4-11,13,15H,12,14,16H2,1-3H3. The van der Waals surface area contributed by atoms with Crippen LogP contribution in [0.2, 0.25) is 5.15 Å². The molecule has 4 rings (SSSR count). The summed E-state index contributed by atoms with van der Waals surface area (Å²) in [5, 5.41) is 0.138. The second kappa shape index (κ2) is 10.7. The molecule has 1 aliphatic heterocycles. The van der Waals surface area contributed by atoms with Gasteiger partial charge in [0.15, 0.2) is 0 Å². The molecule has 3 amide bonds. The van der Waals surface area contributed by atoms with E-state index in [2.05, 4.69) is 9.72 Å². The Bertz CT molecular complexity index is 1420. The van der Waals surface area contributed by atoms with E-state index >= 15 is 0 Å². The van der Waals surface area contributed by atoms with Crippen LogP contribution in [0.4, 0.5) is 14.9 Å². The number of hydrogen-bond donors (Lipinski definition) is 0. The van der Waals surface area contributed by atoms with Crippen molar-refractivity contribution in [2.24, 2.45) is 0 Å². The van der Waals surface area contributed by atoms with Crippen LogP contribution in [0.25, 0.3) is 0 Å². The summed E-state index contributed by atoms with van der Waals surface area (Å²) in [6.07, 6.45) is 1.40. The Labute approximate surface area is 224 Å². The Morgan fingerprint density at radius 2 is 1.71 bits per heavy atom. The molecule has 38 heavy (non-hydrogen) atoms. The molecule has 1 aliphatic rings. The van der Waals surface area contributed by atoms with Crippen LogP contribution in [0.5, 0.6) is 0 Å². The molecule has 10 heteroatoms. The first-order valence-corrected chi connectivity index (χ1v) is 12.1. The number of benzene rings is 2. The first-order chi connectivity index (χ1) is 18.0. The molecule has 0 radical (unpaired) electrons. The van der Waals surface area contributed by atoms with Gasteiger partial charge in [-0.25, -0.2) is 23.9 Å². The van der Waals surface area contributed by atoms with Gasteiger partial charge in [0, 0.05) is 25.6 Å². The predicted molar refractivity (Wildman–Crippen MR) is 138 cm³/mol. The molecule has 1 aromatic heterocycles. The van der Waals surface area contributed by atoms with Crippen molar-refractivity contribution in [1.29, 1.82) is 0 Å². The van der Waals surface area contributed by atoms with E-state index in [0.717, 1.165) is 4.90 Å². The lowest BCUT2D eigenvalue weighted by atomic mass is 9.96. The number of nitrogens with zero attached hydrogens (tertiary/aromatic N) is 3. The number of aromatic nitrogens is 1. The van der Waals surface area contributed by atoms with E-state index in [0.29, 0.717) is 27.9 Å². The quantitative estimate of drug-likeness (QED) is 0.233. The number of hydrogen-bond acceptors (Lipinski definition) is 6. The topological polar surface area (TPSA) is 96.9 Å². The summed E-state index contributed by atoms with van der Waals surface area (Å²) in [6.45, 7) is 3.24. The molecule has 0 aliphatic carbocycles. The van der Waals surface area contributed by atoms with Crippen LogP contribution in [0.1, 0.15) is 40.9 Å². The zero-order valence-corrected chi connectivity index (χ0v) is 21.8. The third-order valence-electron chi connectivity index (χ3n) is 6.45. The zero-order chi connectivity index (χ0) is 27.6. The average Bonchev–Trinajstić information content (AvgIpc) is 3.04. The largest absolute Gasteiger partial charge is 0.465 e. The van der Waals surface area contributed by atoms with Crippen LogP contribution in [0.3, 0.4) is 0 Å². The summed E-state index contributed by atoms with van der Waals surface area (Å²) in [6, 6.07) is 12.9. The molecule has 8 nitrogen and oxygen atoms in total. The summed E-state index contributed by atoms with van der Waals surface area (Å²) in [5.74, 6) is -1.62. The average molecular weight is 538 g/mol. The fourth-order valence-electron chi connectivity index (χ4n) is 4.32. The van der Waals surface area contributed by atoms with Gasteiger partial charge in [-0.3, -0.25) is 9.59 Å². The van der Waals surface area contributed by atoms with Crippen LogP contribution in [-0.2, 0) is 33.7 Å². The molecule has 1 fully saturated rings. The lowest BCUT2D eigenvalue weighted by Crippen LogP contribution is -2.43. The van der Waals surface area contributed by atoms with Gasteiger partial charge in [-0.2, -0.15) is 0 Å². The van der Waals surface area contributed by atoms with Gasteiger partial charge in [-0.05, 0) is 66.9 Å². The highest BCUT2D eigenvalue weighted by Gasteiger charge is 2.51. The molecule has 3 aromatic rings. The highest BCUT2D eigenvalue weighted by molar-refractivity contribution is 6.30. The van der Waals surface area contributed by atoms with Gasteiger partial charge in [0.25, 0.3) is 5.91 Å². The number of rotatable bonds is 8. The maximum absolute atomic E-state index is 14.2. The maximum atomic E-state index is 14.2. The number of pyridine rings is 1. The molecule has 196 valence electrons. The van der Waals surface area contributed by atoms with Crippen LogP contribution < -0.4 is 4.90 Å². The lowest BCUT2D eigenvalue weighted by Gasteiger charge is -2.28. The summed E-state index contributed by atoms with van der Waals surface area (Å²) < 4.78 is 18.9. The van der Waals surface area contributed by atoms with E-state index in [1.54, 1.807) is 38.1 Å². The minimum Gasteiger partial charge on any atom is -0.465 e. The number of imide groups is 1. The first kappa shape index (κ1) is 26.9. The number of carbonyl (C=O) groups excluding carboxylic acids is 4. The van der Waals surface area contributed by atoms with E-state index in [-0.39, 0.29) is 30.3 Å². The molecule has 2 aromatic carbocycles. The van der Waals surface area contributed by atoms with Gasteiger partial charge in [0.2, 0.25) is 0 Å². The van der Waals surface area contributed by atoms with E-state index < -0.39 is 29.3 Å². The zero-order valence-electron chi connectivity index (χ0n) is 21.0. The van der Waals surface area contributed by atoms with E-state index in [9.17, 15) is 23.6 Å². The molecular formula is C28H25ClFN3O5. The number of ketones is 1. The van der Waals surface area contributed by atoms with Gasteiger partial charge in [0.1, 0.15) is 22.3 Å². The van der Waals surface area contributed by atoms with E-state index in [1.807, 2.05) is 0 Å². The second-order valence-electron chi connectivity index (χ2n) is 9.40. The van der Waals surface area contributed by atoms with Crippen LogP contribution in [-0.4, -0.2) is 46.2 Å². The Kier molecular flexibility index (Phi) is 7.59.